The summed E-state index contributed by atoms with van der Waals surface area (Å²) < 4.78 is 10.2. The summed E-state index contributed by atoms with van der Waals surface area (Å²) in [7, 11) is 0. The molecule has 0 fully saturated rings. The molecule has 1 rings (SSSR count). The van der Waals surface area contributed by atoms with Gasteiger partial charge >= 0.3 is 12.2 Å². The lowest BCUT2D eigenvalue weighted by molar-refractivity contribution is 0.133. The fourth-order valence-electron chi connectivity index (χ4n) is 1.61. The summed E-state index contributed by atoms with van der Waals surface area (Å²) in [4.78, 5) is 25.2. The van der Waals surface area contributed by atoms with Gasteiger partial charge in [0.15, 0.2) is 0 Å². The first-order valence-electron chi connectivity index (χ1n) is 7.49. The van der Waals surface area contributed by atoms with Crippen molar-refractivity contribution >= 4 is 29.5 Å². The van der Waals surface area contributed by atoms with Crippen molar-refractivity contribution in [1.82, 2.24) is 0 Å². The maximum atomic E-state index is 12.1. The fourth-order valence-corrected chi connectivity index (χ4v) is 1.74. The molecule has 0 atom stereocenters. The van der Waals surface area contributed by atoms with E-state index in [-0.39, 0.29) is 13.2 Å². The lowest BCUT2D eigenvalue weighted by atomic mass is 10.3. The minimum absolute atomic E-state index is 0.266. The highest BCUT2D eigenvalue weighted by atomic mass is 35.5. The standard InChI is InChI=1S/C16H22ClNO4/c1-3-5-11-21-15(19)18(16(20)22-12-6-4-2)14-9-7-13(17)8-10-14/h7-10H,3-6,11-12H2,1-2H3. The summed E-state index contributed by atoms with van der Waals surface area (Å²) in [5.74, 6) is 0. The smallest absolute Gasteiger partial charge is 0.424 e. The highest BCUT2D eigenvalue weighted by Gasteiger charge is 2.26. The van der Waals surface area contributed by atoms with Crippen molar-refractivity contribution in [3.63, 3.8) is 0 Å². The van der Waals surface area contributed by atoms with Gasteiger partial charge in [-0.05, 0) is 37.1 Å². The zero-order valence-electron chi connectivity index (χ0n) is 13.0. The minimum atomic E-state index is -0.739. The van der Waals surface area contributed by atoms with Crippen molar-refractivity contribution in [2.75, 3.05) is 18.1 Å². The topological polar surface area (TPSA) is 55.8 Å². The monoisotopic (exact) mass is 327 g/mol. The Bertz CT molecular complexity index is 454. The molecule has 1 aromatic carbocycles. The summed E-state index contributed by atoms with van der Waals surface area (Å²) in [6.07, 6.45) is 1.80. The van der Waals surface area contributed by atoms with Crippen LogP contribution < -0.4 is 4.90 Å². The van der Waals surface area contributed by atoms with Gasteiger partial charge in [-0.15, -0.1) is 0 Å². The van der Waals surface area contributed by atoms with Crippen LogP contribution in [0.25, 0.3) is 0 Å². The van der Waals surface area contributed by atoms with Gasteiger partial charge < -0.3 is 9.47 Å². The third-order valence-corrected chi connectivity index (χ3v) is 3.15. The third-order valence-electron chi connectivity index (χ3n) is 2.90. The van der Waals surface area contributed by atoms with Crippen LogP contribution in [0.5, 0.6) is 0 Å². The van der Waals surface area contributed by atoms with E-state index in [0.29, 0.717) is 10.7 Å². The van der Waals surface area contributed by atoms with E-state index in [1.807, 2.05) is 13.8 Å². The van der Waals surface area contributed by atoms with E-state index in [0.717, 1.165) is 30.6 Å². The number of halogens is 1. The van der Waals surface area contributed by atoms with Gasteiger partial charge in [0.25, 0.3) is 0 Å². The van der Waals surface area contributed by atoms with Crippen LogP contribution in [0, 0.1) is 0 Å². The molecule has 2 amide bonds. The molecule has 6 heteroatoms. The number of carbonyl (C=O) groups excluding carboxylic acids is 2. The van der Waals surface area contributed by atoms with E-state index in [4.69, 9.17) is 21.1 Å². The van der Waals surface area contributed by atoms with Crippen LogP contribution in [0.15, 0.2) is 24.3 Å². The van der Waals surface area contributed by atoms with Crippen molar-refractivity contribution in [3.8, 4) is 0 Å². The van der Waals surface area contributed by atoms with Crippen LogP contribution in [0.1, 0.15) is 39.5 Å². The van der Waals surface area contributed by atoms with Crippen molar-refractivity contribution < 1.29 is 19.1 Å². The van der Waals surface area contributed by atoms with Gasteiger partial charge in [-0.25, -0.2) is 9.59 Å². The van der Waals surface area contributed by atoms with E-state index in [9.17, 15) is 9.59 Å². The Morgan fingerprint density at radius 2 is 1.41 bits per heavy atom. The van der Waals surface area contributed by atoms with Crippen LogP contribution in [-0.4, -0.2) is 25.4 Å². The predicted molar refractivity (Wildman–Crippen MR) is 86.4 cm³/mol. The number of unbranched alkanes of at least 4 members (excludes halogenated alkanes) is 2. The second-order valence-corrected chi connectivity index (χ2v) is 5.18. The van der Waals surface area contributed by atoms with Gasteiger partial charge in [-0.1, -0.05) is 38.3 Å². The quantitative estimate of drug-likeness (QED) is 0.660. The van der Waals surface area contributed by atoms with E-state index in [1.165, 1.54) is 0 Å². The largest absolute Gasteiger partial charge is 0.449 e. The number of hydrogen-bond donors (Lipinski definition) is 0. The van der Waals surface area contributed by atoms with Crippen LogP contribution in [0.4, 0.5) is 15.3 Å². The van der Waals surface area contributed by atoms with Crippen LogP contribution in [0.3, 0.4) is 0 Å². The lowest BCUT2D eigenvalue weighted by Crippen LogP contribution is -2.38. The van der Waals surface area contributed by atoms with E-state index in [1.54, 1.807) is 24.3 Å². The van der Waals surface area contributed by atoms with E-state index < -0.39 is 12.2 Å². The van der Waals surface area contributed by atoms with Gasteiger partial charge in [0.05, 0.1) is 18.9 Å². The highest BCUT2D eigenvalue weighted by Crippen LogP contribution is 2.20. The second-order valence-electron chi connectivity index (χ2n) is 4.75. The number of rotatable bonds is 7. The Labute approximate surface area is 136 Å². The maximum Gasteiger partial charge on any atom is 0.424 e. The molecule has 122 valence electrons. The van der Waals surface area contributed by atoms with E-state index >= 15 is 0 Å². The number of carbonyl (C=O) groups is 2. The first-order chi connectivity index (χ1) is 10.6. The Morgan fingerprint density at radius 3 is 1.82 bits per heavy atom. The molecule has 5 nitrogen and oxygen atoms in total. The lowest BCUT2D eigenvalue weighted by Gasteiger charge is -2.20. The molecule has 0 N–H and O–H groups in total. The third kappa shape index (κ3) is 5.93. The van der Waals surface area contributed by atoms with Crippen LogP contribution in [0.2, 0.25) is 5.02 Å². The molecule has 0 saturated carbocycles. The number of amides is 2. The Morgan fingerprint density at radius 1 is 0.955 bits per heavy atom. The first-order valence-corrected chi connectivity index (χ1v) is 7.87. The molecule has 0 heterocycles. The number of benzene rings is 1. The van der Waals surface area contributed by atoms with Gasteiger partial charge in [-0.2, -0.15) is 4.90 Å². The van der Waals surface area contributed by atoms with Crippen molar-refractivity contribution in [3.05, 3.63) is 29.3 Å². The van der Waals surface area contributed by atoms with Crippen molar-refractivity contribution in [2.45, 2.75) is 39.5 Å². The Kier molecular flexibility index (Phi) is 8.36. The SMILES string of the molecule is CCCCOC(=O)N(C(=O)OCCCC)c1ccc(Cl)cc1. The molecule has 0 saturated heterocycles. The van der Waals surface area contributed by atoms with E-state index in [2.05, 4.69) is 0 Å². The molecule has 0 spiro atoms. The second kappa shape index (κ2) is 10.1. The van der Waals surface area contributed by atoms with Gasteiger partial charge in [-0.3, -0.25) is 0 Å². The fraction of sp³-hybridized carbons (Fsp3) is 0.500. The molecule has 0 aliphatic carbocycles. The number of ether oxygens (including phenoxy) is 2. The van der Waals surface area contributed by atoms with Gasteiger partial charge in [0.2, 0.25) is 0 Å². The molecule has 0 unspecified atom stereocenters. The Balaban J connectivity index is 2.82. The number of nitrogens with zero attached hydrogens (tertiary/aromatic N) is 1. The normalized spacial score (nSPS) is 10.1. The van der Waals surface area contributed by atoms with Crippen LogP contribution in [-0.2, 0) is 9.47 Å². The number of hydrogen-bond acceptors (Lipinski definition) is 4. The molecule has 1 aromatic rings. The highest BCUT2D eigenvalue weighted by molar-refractivity contribution is 6.30. The summed E-state index contributed by atoms with van der Waals surface area (Å²) in [6.45, 7) is 4.51. The van der Waals surface area contributed by atoms with Crippen molar-refractivity contribution in [1.29, 1.82) is 0 Å². The predicted octanol–water partition coefficient (Wildman–Crippen LogP) is 5.02. The maximum absolute atomic E-state index is 12.1. The van der Waals surface area contributed by atoms with Gasteiger partial charge in [0, 0.05) is 5.02 Å². The molecular formula is C16H22ClNO4. The molecular weight excluding hydrogens is 306 g/mol. The molecule has 0 aromatic heterocycles. The molecule has 0 aliphatic rings. The average Bonchev–Trinajstić information content (AvgIpc) is 2.50. The Hall–Kier alpha value is -1.75. The summed E-state index contributed by atoms with van der Waals surface area (Å²) in [6, 6.07) is 6.35. The summed E-state index contributed by atoms with van der Waals surface area (Å²) in [5, 5.41) is 0.516. The number of anilines is 1. The number of imide groups is 1. The molecule has 0 radical (unpaired) electrons. The zero-order chi connectivity index (χ0) is 16.4. The molecule has 22 heavy (non-hydrogen) atoms. The van der Waals surface area contributed by atoms with Gasteiger partial charge in [0.1, 0.15) is 0 Å². The molecule has 0 aliphatic heterocycles. The minimum Gasteiger partial charge on any atom is -0.449 e. The zero-order valence-corrected chi connectivity index (χ0v) is 13.8. The first kappa shape index (κ1) is 18.3. The average molecular weight is 328 g/mol. The van der Waals surface area contributed by atoms with Crippen molar-refractivity contribution in [2.24, 2.45) is 0 Å². The summed E-state index contributed by atoms with van der Waals surface area (Å²) >= 11 is 5.83. The van der Waals surface area contributed by atoms with Crippen LogP contribution >= 0.6 is 11.6 Å². The molecule has 0 bridgehead atoms. The summed E-state index contributed by atoms with van der Waals surface area (Å²) in [5.41, 5.74) is 0.368.